The van der Waals surface area contributed by atoms with Crippen LogP contribution in [0, 0.1) is 5.92 Å². The molecular formula is C12H24N2O3S2. The minimum absolute atomic E-state index is 0.00353. The Morgan fingerprint density at radius 2 is 1.84 bits per heavy atom. The van der Waals surface area contributed by atoms with Crippen molar-refractivity contribution >= 4 is 27.7 Å². The van der Waals surface area contributed by atoms with Gasteiger partial charge >= 0.3 is 0 Å². The highest BCUT2D eigenvalue weighted by Crippen LogP contribution is 2.13. The molecule has 5 nitrogen and oxygen atoms in total. The van der Waals surface area contributed by atoms with Crippen LogP contribution in [0.15, 0.2) is 0 Å². The number of nitrogens with zero attached hydrogens (tertiary/aromatic N) is 1. The van der Waals surface area contributed by atoms with E-state index >= 15 is 0 Å². The molecule has 0 unspecified atom stereocenters. The molecular weight excluding hydrogens is 284 g/mol. The smallest absolute Gasteiger partial charge is 0.223 e. The Morgan fingerprint density at radius 3 is 2.37 bits per heavy atom. The first-order valence-electron chi connectivity index (χ1n) is 6.84. The van der Waals surface area contributed by atoms with Crippen LogP contribution in [0.2, 0.25) is 0 Å². The van der Waals surface area contributed by atoms with Crippen molar-refractivity contribution in [1.29, 1.82) is 0 Å². The summed E-state index contributed by atoms with van der Waals surface area (Å²) < 4.78 is 25.6. The number of hydrogen-bond donors (Lipinski definition) is 1. The number of carbonyl (C=O) groups is 1. The minimum Gasteiger partial charge on any atom is -0.355 e. The lowest BCUT2D eigenvalue weighted by molar-refractivity contribution is -0.125. The van der Waals surface area contributed by atoms with Crippen LogP contribution in [0.25, 0.3) is 0 Å². The van der Waals surface area contributed by atoms with Crippen molar-refractivity contribution in [3.05, 3.63) is 0 Å². The summed E-state index contributed by atoms with van der Waals surface area (Å²) in [5.74, 6) is 1.69. The van der Waals surface area contributed by atoms with Crippen LogP contribution in [0.1, 0.15) is 26.7 Å². The molecule has 19 heavy (non-hydrogen) atoms. The SMILES string of the molecule is CCC(CC)C(=O)NCCS(=O)(=O)N1CCSCC1. The molecule has 1 rings (SSSR count). The van der Waals surface area contributed by atoms with Crippen LogP contribution in [-0.2, 0) is 14.8 Å². The third-order valence-corrected chi connectivity index (χ3v) is 6.19. The average Bonchev–Trinajstić information content (AvgIpc) is 2.41. The van der Waals surface area contributed by atoms with Crippen molar-refractivity contribution in [1.82, 2.24) is 9.62 Å². The van der Waals surface area contributed by atoms with Crippen LogP contribution in [-0.4, -0.2) is 55.5 Å². The minimum atomic E-state index is -3.21. The third-order valence-electron chi connectivity index (χ3n) is 3.38. The Labute approximate surface area is 120 Å². The summed E-state index contributed by atoms with van der Waals surface area (Å²) in [6.07, 6.45) is 1.58. The third kappa shape index (κ3) is 5.31. The van der Waals surface area contributed by atoms with E-state index in [-0.39, 0.29) is 24.1 Å². The Balaban J connectivity index is 2.37. The molecule has 0 spiro atoms. The fraction of sp³-hybridized carbons (Fsp3) is 0.917. The maximum absolute atomic E-state index is 12.0. The van der Waals surface area contributed by atoms with Crippen molar-refractivity contribution in [2.24, 2.45) is 5.92 Å². The van der Waals surface area contributed by atoms with Crippen LogP contribution >= 0.6 is 11.8 Å². The highest BCUT2D eigenvalue weighted by Gasteiger charge is 2.24. The highest BCUT2D eigenvalue weighted by molar-refractivity contribution is 7.99. The molecule has 0 saturated carbocycles. The quantitative estimate of drug-likeness (QED) is 0.759. The average molecular weight is 308 g/mol. The molecule has 0 radical (unpaired) electrons. The first kappa shape index (κ1) is 16.8. The number of nitrogens with one attached hydrogen (secondary N) is 1. The first-order valence-corrected chi connectivity index (χ1v) is 9.61. The van der Waals surface area contributed by atoms with Crippen LogP contribution in [0.4, 0.5) is 0 Å². The van der Waals surface area contributed by atoms with Crippen molar-refractivity contribution < 1.29 is 13.2 Å². The lowest BCUT2D eigenvalue weighted by atomic mass is 10.0. The lowest BCUT2D eigenvalue weighted by Gasteiger charge is -2.25. The van der Waals surface area contributed by atoms with Gasteiger partial charge in [-0.15, -0.1) is 0 Å². The van der Waals surface area contributed by atoms with E-state index in [0.717, 1.165) is 24.3 Å². The molecule has 0 aliphatic carbocycles. The van der Waals surface area contributed by atoms with Gasteiger partial charge in [-0.05, 0) is 12.8 Å². The molecule has 0 aromatic carbocycles. The van der Waals surface area contributed by atoms with E-state index in [2.05, 4.69) is 5.32 Å². The molecule has 1 aliphatic rings. The van der Waals surface area contributed by atoms with Crippen molar-refractivity contribution in [3.8, 4) is 0 Å². The summed E-state index contributed by atoms with van der Waals surface area (Å²) in [5, 5.41) is 2.73. The van der Waals surface area contributed by atoms with Gasteiger partial charge in [0.05, 0.1) is 5.75 Å². The maximum atomic E-state index is 12.0. The molecule has 0 bridgehead atoms. The van der Waals surface area contributed by atoms with E-state index in [1.165, 1.54) is 4.31 Å². The predicted octanol–water partition coefficient (Wildman–Crippen LogP) is 0.917. The second kappa shape index (κ2) is 8.11. The van der Waals surface area contributed by atoms with E-state index in [1.54, 1.807) is 11.8 Å². The molecule has 1 amide bonds. The Bertz CT molecular complexity index is 374. The van der Waals surface area contributed by atoms with Crippen LogP contribution in [0.3, 0.4) is 0 Å². The number of hydrogen-bond acceptors (Lipinski definition) is 4. The van der Waals surface area contributed by atoms with Gasteiger partial charge in [-0.2, -0.15) is 11.8 Å². The van der Waals surface area contributed by atoms with E-state index < -0.39 is 10.0 Å². The van der Waals surface area contributed by atoms with Gasteiger partial charge in [0.25, 0.3) is 0 Å². The Hall–Kier alpha value is -0.270. The molecule has 0 atom stereocenters. The maximum Gasteiger partial charge on any atom is 0.223 e. The first-order chi connectivity index (χ1) is 9.01. The topological polar surface area (TPSA) is 66.5 Å². The normalized spacial score (nSPS) is 17.6. The van der Waals surface area contributed by atoms with Gasteiger partial charge < -0.3 is 5.32 Å². The second-order valence-electron chi connectivity index (χ2n) is 4.63. The van der Waals surface area contributed by atoms with Crippen molar-refractivity contribution in [3.63, 3.8) is 0 Å². The molecule has 7 heteroatoms. The molecule has 1 heterocycles. The Kier molecular flexibility index (Phi) is 7.17. The molecule has 1 N–H and O–H groups in total. The molecule has 0 aromatic heterocycles. The van der Waals surface area contributed by atoms with Gasteiger partial charge in [-0.1, -0.05) is 13.8 Å². The van der Waals surface area contributed by atoms with E-state index in [1.807, 2.05) is 13.8 Å². The number of rotatable bonds is 7. The lowest BCUT2D eigenvalue weighted by Crippen LogP contribution is -2.42. The summed E-state index contributed by atoms with van der Waals surface area (Å²) in [5.41, 5.74) is 0. The van der Waals surface area contributed by atoms with E-state index in [4.69, 9.17) is 0 Å². The number of amides is 1. The second-order valence-corrected chi connectivity index (χ2v) is 7.95. The zero-order chi connectivity index (χ0) is 14.3. The molecule has 112 valence electrons. The van der Waals surface area contributed by atoms with Gasteiger partial charge in [0.1, 0.15) is 0 Å². The predicted molar refractivity (Wildman–Crippen MR) is 79.8 cm³/mol. The zero-order valence-electron chi connectivity index (χ0n) is 11.7. The zero-order valence-corrected chi connectivity index (χ0v) is 13.4. The van der Waals surface area contributed by atoms with Crippen molar-refractivity contribution in [2.45, 2.75) is 26.7 Å². The van der Waals surface area contributed by atoms with Crippen LogP contribution in [0.5, 0.6) is 0 Å². The van der Waals surface area contributed by atoms with Crippen LogP contribution < -0.4 is 5.32 Å². The van der Waals surface area contributed by atoms with Gasteiger partial charge in [-0.3, -0.25) is 4.79 Å². The fourth-order valence-corrected chi connectivity index (χ4v) is 4.55. The fourth-order valence-electron chi connectivity index (χ4n) is 2.06. The number of thioether (sulfide) groups is 1. The number of sulfonamides is 1. The summed E-state index contributed by atoms with van der Waals surface area (Å²) in [6, 6.07) is 0. The van der Waals surface area contributed by atoms with Gasteiger partial charge in [-0.25, -0.2) is 12.7 Å². The molecule has 0 aromatic rings. The summed E-state index contributed by atoms with van der Waals surface area (Å²) in [7, 11) is -3.21. The summed E-state index contributed by atoms with van der Waals surface area (Å²) in [6.45, 7) is 5.33. The number of carbonyl (C=O) groups excluding carboxylic acids is 1. The molecule has 1 saturated heterocycles. The largest absolute Gasteiger partial charge is 0.355 e. The van der Waals surface area contributed by atoms with E-state index in [9.17, 15) is 13.2 Å². The standard InChI is InChI=1S/C12H24N2O3S2/c1-3-11(4-2)12(15)13-5-10-19(16,17)14-6-8-18-9-7-14/h11H,3-10H2,1-2H3,(H,13,15). The van der Waals surface area contributed by atoms with Gasteiger partial charge in [0.15, 0.2) is 0 Å². The van der Waals surface area contributed by atoms with Gasteiger partial charge in [0.2, 0.25) is 15.9 Å². The molecule has 1 fully saturated rings. The van der Waals surface area contributed by atoms with Crippen molar-refractivity contribution in [2.75, 3.05) is 36.9 Å². The highest BCUT2D eigenvalue weighted by atomic mass is 32.2. The van der Waals surface area contributed by atoms with Gasteiger partial charge in [0, 0.05) is 37.1 Å². The summed E-state index contributed by atoms with van der Waals surface area (Å²) in [4.78, 5) is 11.7. The Morgan fingerprint density at radius 1 is 1.26 bits per heavy atom. The molecule has 1 aliphatic heterocycles. The monoisotopic (exact) mass is 308 g/mol. The summed E-state index contributed by atoms with van der Waals surface area (Å²) >= 11 is 1.78. The van der Waals surface area contributed by atoms with E-state index in [0.29, 0.717) is 13.1 Å².